The summed E-state index contributed by atoms with van der Waals surface area (Å²) >= 11 is 0. The van der Waals surface area contributed by atoms with Gasteiger partial charge in [0.1, 0.15) is 0 Å². The van der Waals surface area contributed by atoms with Gasteiger partial charge in [-0.2, -0.15) is 4.58 Å². The van der Waals surface area contributed by atoms with Gasteiger partial charge in [-0.15, -0.1) is 0 Å². The third kappa shape index (κ3) is 2.46. The summed E-state index contributed by atoms with van der Waals surface area (Å²) in [6, 6.07) is 7.75. The lowest BCUT2D eigenvalue weighted by Crippen LogP contribution is -2.36. The molecule has 1 saturated heterocycles. The van der Waals surface area contributed by atoms with Crippen LogP contribution in [0.1, 0.15) is 44.7 Å². The zero-order valence-electron chi connectivity index (χ0n) is 12.4. The molecule has 1 fully saturated rings. The smallest absolute Gasteiger partial charge is 0.208 e. The maximum absolute atomic E-state index is 3.45. The molecule has 2 aliphatic heterocycles. The highest BCUT2D eigenvalue weighted by Gasteiger charge is 2.31. The van der Waals surface area contributed by atoms with E-state index in [1.807, 2.05) is 0 Å². The topological polar surface area (TPSA) is 15.0 Å². The third-order valence-corrected chi connectivity index (χ3v) is 4.43. The number of hydrogen-bond acceptors (Lipinski definition) is 1. The Morgan fingerprint density at radius 3 is 2.58 bits per heavy atom. The normalized spacial score (nSPS) is 20.3. The fraction of sp³-hybridized carbons (Fsp3) is 0.588. The van der Waals surface area contributed by atoms with E-state index in [-0.39, 0.29) is 5.41 Å². The van der Waals surface area contributed by atoms with Crippen LogP contribution in [0.2, 0.25) is 0 Å². The number of fused-ring (bicyclic) bond motifs is 1. The summed E-state index contributed by atoms with van der Waals surface area (Å²) in [7, 11) is 0. The number of rotatable bonds is 1. The van der Waals surface area contributed by atoms with Gasteiger partial charge >= 0.3 is 0 Å². The Morgan fingerprint density at radius 2 is 1.89 bits per heavy atom. The second kappa shape index (κ2) is 4.75. The lowest BCUT2D eigenvalue weighted by atomic mass is 9.86. The molecule has 2 aliphatic rings. The average molecular weight is 257 g/mol. The summed E-state index contributed by atoms with van der Waals surface area (Å²) in [5.41, 5.74) is 4.65. The maximum atomic E-state index is 3.45. The Morgan fingerprint density at radius 1 is 1.16 bits per heavy atom. The summed E-state index contributed by atoms with van der Waals surface area (Å²) < 4.78 is 2.53. The van der Waals surface area contributed by atoms with Crippen LogP contribution in [0.5, 0.6) is 0 Å². The number of nitrogens with one attached hydrogen (secondary N) is 1. The van der Waals surface area contributed by atoms with Gasteiger partial charge in [-0.1, -0.05) is 26.8 Å². The van der Waals surface area contributed by atoms with Gasteiger partial charge in [0.05, 0.1) is 6.42 Å². The van der Waals surface area contributed by atoms with E-state index in [0.717, 1.165) is 19.5 Å². The molecule has 0 aromatic heterocycles. The van der Waals surface area contributed by atoms with Gasteiger partial charge < -0.3 is 5.32 Å². The average Bonchev–Trinajstić information content (AvgIpc) is 2.81. The van der Waals surface area contributed by atoms with Crippen molar-refractivity contribution in [2.75, 3.05) is 13.1 Å². The quantitative estimate of drug-likeness (QED) is 0.764. The Balaban J connectivity index is 1.88. The number of piperidine rings is 1. The van der Waals surface area contributed by atoms with Gasteiger partial charge in [0.15, 0.2) is 12.3 Å². The molecule has 2 nitrogen and oxygen atoms in total. The van der Waals surface area contributed by atoms with Gasteiger partial charge in [-0.3, -0.25) is 0 Å². The highest BCUT2D eigenvalue weighted by molar-refractivity contribution is 5.67. The van der Waals surface area contributed by atoms with Crippen molar-refractivity contribution in [3.8, 4) is 0 Å². The minimum atomic E-state index is 0.247. The van der Waals surface area contributed by atoms with Crippen LogP contribution in [0.3, 0.4) is 0 Å². The summed E-state index contributed by atoms with van der Waals surface area (Å²) in [5.74, 6) is 0. The van der Waals surface area contributed by atoms with Crippen LogP contribution in [-0.4, -0.2) is 29.9 Å². The molecule has 1 N–H and O–H groups in total. The first-order valence-corrected chi connectivity index (χ1v) is 7.51. The number of benzene rings is 1. The molecule has 1 aromatic carbocycles. The molecule has 0 unspecified atom stereocenters. The lowest BCUT2D eigenvalue weighted by Gasteiger charge is -2.21. The Kier molecular flexibility index (Phi) is 3.22. The Bertz CT molecular complexity index is 502. The predicted molar refractivity (Wildman–Crippen MR) is 80.7 cm³/mol. The summed E-state index contributed by atoms with van der Waals surface area (Å²) in [5, 5.41) is 3.45. The lowest BCUT2D eigenvalue weighted by molar-refractivity contribution is -0.481. The highest BCUT2D eigenvalue weighted by atomic mass is 15.1. The monoisotopic (exact) mass is 257 g/mol. The van der Waals surface area contributed by atoms with Gasteiger partial charge in [0, 0.05) is 37.6 Å². The molecule has 0 amide bonds. The molecular weight excluding hydrogens is 232 g/mol. The second-order valence-electron chi connectivity index (χ2n) is 6.87. The van der Waals surface area contributed by atoms with Crippen molar-refractivity contribution in [3.05, 3.63) is 29.3 Å². The molecule has 0 bridgehead atoms. The van der Waals surface area contributed by atoms with Crippen LogP contribution in [-0.2, 0) is 11.8 Å². The zero-order valence-corrected chi connectivity index (χ0v) is 12.4. The maximum Gasteiger partial charge on any atom is 0.208 e. The SMILES string of the molecule is CC(C)(C)c1ccc2c(c1)CC=[N+]2C1CCNCC1. The zero-order chi connectivity index (χ0) is 13.5. The van der Waals surface area contributed by atoms with E-state index in [9.17, 15) is 0 Å². The summed E-state index contributed by atoms with van der Waals surface area (Å²) in [4.78, 5) is 0. The van der Waals surface area contributed by atoms with Crippen molar-refractivity contribution in [2.24, 2.45) is 0 Å². The molecule has 2 heterocycles. The van der Waals surface area contributed by atoms with Crippen molar-refractivity contribution >= 4 is 11.9 Å². The first-order chi connectivity index (χ1) is 9.05. The molecule has 0 radical (unpaired) electrons. The van der Waals surface area contributed by atoms with Crippen LogP contribution in [0.15, 0.2) is 18.2 Å². The van der Waals surface area contributed by atoms with Gasteiger partial charge in [0.2, 0.25) is 5.69 Å². The fourth-order valence-electron chi connectivity index (χ4n) is 3.19. The van der Waals surface area contributed by atoms with Crippen molar-refractivity contribution in [2.45, 2.75) is 51.5 Å². The second-order valence-corrected chi connectivity index (χ2v) is 6.87. The van der Waals surface area contributed by atoms with Crippen LogP contribution in [0.4, 0.5) is 5.69 Å². The molecule has 102 valence electrons. The summed E-state index contributed by atoms with van der Waals surface area (Å²) in [6.45, 7) is 9.18. The minimum absolute atomic E-state index is 0.247. The molecule has 1 aromatic rings. The molecular formula is C17H25N2+. The largest absolute Gasteiger partial charge is 0.316 e. The van der Waals surface area contributed by atoms with E-state index in [2.05, 4.69) is 55.1 Å². The first kappa shape index (κ1) is 12.9. The highest BCUT2D eigenvalue weighted by Crippen LogP contribution is 2.32. The van der Waals surface area contributed by atoms with E-state index in [4.69, 9.17) is 0 Å². The third-order valence-electron chi connectivity index (χ3n) is 4.43. The predicted octanol–water partition coefficient (Wildman–Crippen LogP) is 3.01. The Labute approximate surface area is 116 Å². The van der Waals surface area contributed by atoms with Crippen LogP contribution >= 0.6 is 0 Å². The Hall–Kier alpha value is -1.15. The molecule has 0 atom stereocenters. The van der Waals surface area contributed by atoms with E-state index >= 15 is 0 Å². The molecule has 0 saturated carbocycles. The van der Waals surface area contributed by atoms with Crippen LogP contribution in [0, 0.1) is 0 Å². The standard InChI is InChI=1S/C17H25N2/c1-17(2,3)14-4-5-16-13(12-14)8-11-19(16)15-6-9-18-10-7-15/h4-5,11-12,15,18H,6-10H2,1-3H3/q+1. The van der Waals surface area contributed by atoms with Crippen molar-refractivity contribution < 1.29 is 4.58 Å². The van der Waals surface area contributed by atoms with Crippen LogP contribution < -0.4 is 5.32 Å². The molecule has 0 spiro atoms. The molecule has 2 heteroatoms. The van der Waals surface area contributed by atoms with Gasteiger partial charge in [0.25, 0.3) is 0 Å². The van der Waals surface area contributed by atoms with Crippen molar-refractivity contribution in [1.82, 2.24) is 5.32 Å². The van der Waals surface area contributed by atoms with Gasteiger partial charge in [-0.05, 0) is 17.0 Å². The van der Waals surface area contributed by atoms with Crippen molar-refractivity contribution in [3.63, 3.8) is 0 Å². The van der Waals surface area contributed by atoms with E-state index < -0.39 is 0 Å². The first-order valence-electron chi connectivity index (χ1n) is 7.51. The minimum Gasteiger partial charge on any atom is -0.316 e. The molecule has 19 heavy (non-hydrogen) atoms. The van der Waals surface area contributed by atoms with Gasteiger partial charge in [-0.25, -0.2) is 0 Å². The van der Waals surface area contributed by atoms with E-state index in [1.165, 1.54) is 29.7 Å². The number of nitrogens with zero attached hydrogens (tertiary/aromatic N) is 1. The molecule has 0 aliphatic carbocycles. The van der Waals surface area contributed by atoms with E-state index in [0.29, 0.717) is 6.04 Å². The fourth-order valence-corrected chi connectivity index (χ4v) is 3.19. The molecule has 3 rings (SSSR count). The number of hydrogen-bond donors (Lipinski definition) is 1. The van der Waals surface area contributed by atoms with Crippen LogP contribution in [0.25, 0.3) is 0 Å². The van der Waals surface area contributed by atoms with Crippen molar-refractivity contribution in [1.29, 1.82) is 0 Å². The van der Waals surface area contributed by atoms with E-state index in [1.54, 1.807) is 0 Å². The summed E-state index contributed by atoms with van der Waals surface area (Å²) in [6.07, 6.45) is 6.02.